The lowest BCUT2D eigenvalue weighted by Gasteiger charge is -2.10. The molecule has 2 aromatic heterocycles. The Bertz CT molecular complexity index is 906. The van der Waals surface area contributed by atoms with Crippen molar-refractivity contribution in [2.24, 2.45) is 4.99 Å². The van der Waals surface area contributed by atoms with Gasteiger partial charge in [0.15, 0.2) is 5.96 Å². The number of aliphatic imine (C=N–C) groups is 1. The molecule has 0 amide bonds. The highest BCUT2D eigenvalue weighted by Gasteiger charge is 2.04. The van der Waals surface area contributed by atoms with Crippen LogP contribution in [0.5, 0.6) is 5.75 Å². The molecule has 0 saturated carbocycles. The van der Waals surface area contributed by atoms with E-state index in [9.17, 15) is 0 Å². The first-order valence-electron chi connectivity index (χ1n) is 9.30. The molecular weight excluding hydrogens is 499 g/mol. The predicted octanol–water partition coefficient (Wildman–Crippen LogP) is 3.56. The minimum absolute atomic E-state index is 0. The number of aryl methyl sites for hydroxylation is 1. The maximum atomic E-state index is 5.20. The molecular formula is C20H27IN6OS. The number of rotatable bonds is 8. The van der Waals surface area contributed by atoms with Gasteiger partial charge < -0.3 is 15.4 Å². The Kier molecular flexibility index (Phi) is 9.39. The molecule has 2 heterocycles. The Morgan fingerprint density at radius 1 is 1.21 bits per heavy atom. The van der Waals surface area contributed by atoms with Crippen LogP contribution in [0.15, 0.2) is 47.7 Å². The monoisotopic (exact) mass is 526 g/mol. The number of methoxy groups -OCH3 is 1. The number of aromatic nitrogens is 3. The molecule has 7 nitrogen and oxygen atoms in total. The van der Waals surface area contributed by atoms with E-state index in [4.69, 9.17) is 4.74 Å². The third-order valence-corrected chi connectivity index (χ3v) is 5.00. The Hall–Kier alpha value is -2.14. The topological polar surface area (TPSA) is 76.4 Å². The minimum atomic E-state index is 0. The number of guanidine groups is 1. The van der Waals surface area contributed by atoms with Crippen molar-refractivity contribution in [2.75, 3.05) is 20.2 Å². The summed E-state index contributed by atoms with van der Waals surface area (Å²) in [6.07, 6.45) is 4.74. The van der Waals surface area contributed by atoms with Gasteiger partial charge in [0.1, 0.15) is 5.75 Å². The van der Waals surface area contributed by atoms with Crippen molar-refractivity contribution in [1.29, 1.82) is 0 Å². The lowest BCUT2D eigenvalue weighted by Crippen LogP contribution is -2.38. The number of hydrogen-bond acceptors (Lipinski definition) is 5. The molecule has 0 aliphatic heterocycles. The molecule has 1 aromatic carbocycles. The molecule has 0 bridgehead atoms. The molecule has 3 aromatic rings. The average Bonchev–Trinajstić information content (AvgIpc) is 3.35. The summed E-state index contributed by atoms with van der Waals surface area (Å²) >= 11 is 1.73. The van der Waals surface area contributed by atoms with Crippen molar-refractivity contribution in [3.63, 3.8) is 0 Å². The van der Waals surface area contributed by atoms with Crippen LogP contribution >= 0.6 is 35.3 Å². The second kappa shape index (κ2) is 11.8. The number of halogens is 1. The fourth-order valence-corrected chi connectivity index (χ4v) is 3.42. The summed E-state index contributed by atoms with van der Waals surface area (Å²) in [5, 5.41) is 12.4. The summed E-state index contributed by atoms with van der Waals surface area (Å²) in [4.78, 5) is 10.3. The lowest BCUT2D eigenvalue weighted by atomic mass is 10.3. The molecule has 3 rings (SSSR count). The Labute approximate surface area is 192 Å². The summed E-state index contributed by atoms with van der Waals surface area (Å²) < 4.78 is 7.04. The van der Waals surface area contributed by atoms with Gasteiger partial charge in [0.25, 0.3) is 0 Å². The van der Waals surface area contributed by atoms with E-state index in [1.54, 1.807) is 18.4 Å². The van der Waals surface area contributed by atoms with Crippen molar-refractivity contribution in [1.82, 2.24) is 25.4 Å². The highest BCUT2D eigenvalue weighted by atomic mass is 127. The van der Waals surface area contributed by atoms with E-state index in [-0.39, 0.29) is 24.0 Å². The van der Waals surface area contributed by atoms with Gasteiger partial charge in [-0.05, 0) is 44.2 Å². The third-order valence-electron chi connectivity index (χ3n) is 4.03. The molecule has 9 heteroatoms. The highest BCUT2D eigenvalue weighted by molar-refractivity contribution is 14.0. The summed E-state index contributed by atoms with van der Waals surface area (Å²) in [5.74, 6) is 1.62. The second-order valence-electron chi connectivity index (χ2n) is 6.19. The number of ether oxygens (including phenoxy) is 1. The van der Waals surface area contributed by atoms with E-state index in [1.807, 2.05) is 47.4 Å². The molecule has 156 valence electrons. The fraction of sp³-hybridized carbons (Fsp3) is 0.350. The Morgan fingerprint density at radius 2 is 2.00 bits per heavy atom. The van der Waals surface area contributed by atoms with Crippen LogP contribution in [0.3, 0.4) is 0 Å². The van der Waals surface area contributed by atoms with Crippen LogP contribution in [0.25, 0.3) is 5.69 Å². The summed E-state index contributed by atoms with van der Waals surface area (Å²) in [6, 6.07) is 9.78. The molecule has 0 aliphatic carbocycles. The number of nitrogens with zero attached hydrogens (tertiary/aromatic N) is 4. The van der Waals surface area contributed by atoms with Crippen molar-refractivity contribution >= 4 is 41.3 Å². The predicted molar refractivity (Wildman–Crippen MR) is 129 cm³/mol. The maximum absolute atomic E-state index is 5.20. The molecule has 2 N–H and O–H groups in total. The van der Waals surface area contributed by atoms with Gasteiger partial charge in [-0.25, -0.2) is 14.7 Å². The van der Waals surface area contributed by atoms with Crippen molar-refractivity contribution in [2.45, 2.75) is 26.8 Å². The summed E-state index contributed by atoms with van der Waals surface area (Å²) in [7, 11) is 1.66. The van der Waals surface area contributed by atoms with E-state index in [0.717, 1.165) is 47.6 Å². The Morgan fingerprint density at radius 3 is 2.66 bits per heavy atom. The zero-order chi connectivity index (χ0) is 19.8. The molecule has 0 aliphatic rings. The van der Waals surface area contributed by atoms with Crippen LogP contribution in [-0.4, -0.2) is 40.9 Å². The van der Waals surface area contributed by atoms with Crippen molar-refractivity contribution < 1.29 is 4.74 Å². The molecule has 0 spiro atoms. The van der Waals surface area contributed by atoms with Gasteiger partial charge in [-0.15, -0.1) is 35.3 Å². The number of thiazole rings is 1. The van der Waals surface area contributed by atoms with E-state index in [0.29, 0.717) is 6.54 Å². The van der Waals surface area contributed by atoms with E-state index in [1.165, 1.54) is 4.88 Å². The van der Waals surface area contributed by atoms with Gasteiger partial charge in [-0.2, -0.15) is 5.10 Å². The second-order valence-corrected chi connectivity index (χ2v) is 7.51. The molecule has 29 heavy (non-hydrogen) atoms. The van der Waals surface area contributed by atoms with Gasteiger partial charge in [-0.3, -0.25) is 0 Å². The average molecular weight is 526 g/mol. The standard InChI is InChI=1S/C20H26N6OS.HI/c1-4-21-20(22-11-9-19-23-13-15(2)28-19)24-14-16-10-12-26(25-16)17-5-7-18(27-3)8-6-17;/h5-8,10,12-13H,4,9,11,14H2,1-3H3,(H2,21,22,24);1H. The Balaban J connectivity index is 0.00000300. The molecule has 0 unspecified atom stereocenters. The molecule has 0 saturated heterocycles. The fourth-order valence-electron chi connectivity index (χ4n) is 2.63. The van der Waals surface area contributed by atoms with Crippen molar-refractivity contribution in [3.05, 3.63) is 58.3 Å². The first-order valence-corrected chi connectivity index (χ1v) is 10.1. The zero-order valence-electron chi connectivity index (χ0n) is 16.9. The van der Waals surface area contributed by atoms with Gasteiger partial charge in [0.05, 0.1) is 30.0 Å². The zero-order valence-corrected chi connectivity index (χ0v) is 20.0. The maximum Gasteiger partial charge on any atom is 0.191 e. The largest absolute Gasteiger partial charge is 0.497 e. The summed E-state index contributed by atoms with van der Waals surface area (Å²) in [6.45, 7) is 6.24. The van der Waals surface area contributed by atoms with E-state index >= 15 is 0 Å². The van der Waals surface area contributed by atoms with Crippen LogP contribution in [-0.2, 0) is 13.0 Å². The molecule has 0 atom stereocenters. The van der Waals surface area contributed by atoms with Crippen LogP contribution < -0.4 is 15.4 Å². The van der Waals surface area contributed by atoms with Gasteiger partial charge >= 0.3 is 0 Å². The van der Waals surface area contributed by atoms with Crippen LogP contribution in [0, 0.1) is 6.92 Å². The number of nitrogens with one attached hydrogen (secondary N) is 2. The van der Waals surface area contributed by atoms with E-state index < -0.39 is 0 Å². The SMILES string of the molecule is CCNC(=NCc1ccn(-c2ccc(OC)cc2)n1)NCCc1ncc(C)s1.I. The first-order chi connectivity index (χ1) is 13.7. The van der Waals surface area contributed by atoms with Gasteiger partial charge in [0, 0.05) is 36.8 Å². The van der Waals surface area contributed by atoms with Crippen LogP contribution in [0.4, 0.5) is 0 Å². The van der Waals surface area contributed by atoms with E-state index in [2.05, 4.69) is 39.6 Å². The quantitative estimate of drug-likeness (QED) is 0.267. The molecule has 0 radical (unpaired) electrons. The van der Waals surface area contributed by atoms with Crippen molar-refractivity contribution in [3.8, 4) is 11.4 Å². The normalized spacial score (nSPS) is 11.1. The van der Waals surface area contributed by atoms with Gasteiger partial charge in [0.2, 0.25) is 0 Å². The highest BCUT2D eigenvalue weighted by Crippen LogP contribution is 2.15. The smallest absolute Gasteiger partial charge is 0.191 e. The first kappa shape index (κ1) is 23.1. The third kappa shape index (κ3) is 7.00. The van der Waals surface area contributed by atoms with Crippen LogP contribution in [0.2, 0.25) is 0 Å². The molecule has 0 fully saturated rings. The minimum Gasteiger partial charge on any atom is -0.497 e. The number of benzene rings is 1. The number of hydrogen-bond donors (Lipinski definition) is 2. The lowest BCUT2D eigenvalue weighted by molar-refractivity contribution is 0.414. The summed E-state index contributed by atoms with van der Waals surface area (Å²) in [5.41, 5.74) is 1.89. The van der Waals surface area contributed by atoms with Gasteiger partial charge in [-0.1, -0.05) is 0 Å². The van der Waals surface area contributed by atoms with Crippen LogP contribution in [0.1, 0.15) is 22.5 Å².